The van der Waals surface area contributed by atoms with E-state index in [1.807, 2.05) is 0 Å². The third kappa shape index (κ3) is 3.60. The quantitative estimate of drug-likeness (QED) is 0.885. The molecular formula is C19H30N2. The summed E-state index contributed by atoms with van der Waals surface area (Å²) in [6.45, 7) is 7.94. The van der Waals surface area contributed by atoms with Crippen molar-refractivity contribution in [3.8, 4) is 0 Å². The second-order valence-corrected chi connectivity index (χ2v) is 7.47. The van der Waals surface area contributed by atoms with Gasteiger partial charge in [-0.3, -0.25) is 0 Å². The zero-order valence-corrected chi connectivity index (χ0v) is 13.7. The number of benzene rings is 1. The fourth-order valence-corrected chi connectivity index (χ4v) is 3.89. The average molecular weight is 286 g/mol. The highest BCUT2D eigenvalue weighted by Crippen LogP contribution is 2.44. The Hall–Kier alpha value is -1.02. The van der Waals surface area contributed by atoms with Crippen LogP contribution in [-0.2, 0) is 6.54 Å². The van der Waals surface area contributed by atoms with Crippen molar-refractivity contribution in [3.63, 3.8) is 0 Å². The lowest BCUT2D eigenvalue weighted by molar-refractivity contribution is 0.180. The molecule has 1 heterocycles. The van der Waals surface area contributed by atoms with Gasteiger partial charge in [0.25, 0.3) is 0 Å². The summed E-state index contributed by atoms with van der Waals surface area (Å²) in [5.41, 5.74) is 3.46. The first-order valence-corrected chi connectivity index (χ1v) is 8.74. The summed E-state index contributed by atoms with van der Waals surface area (Å²) in [4.78, 5) is 2.57. The van der Waals surface area contributed by atoms with Crippen LogP contribution >= 0.6 is 0 Å². The van der Waals surface area contributed by atoms with E-state index in [9.17, 15) is 0 Å². The molecular weight excluding hydrogens is 256 g/mol. The summed E-state index contributed by atoms with van der Waals surface area (Å²) in [5.74, 6) is 0. The third-order valence-electron chi connectivity index (χ3n) is 5.23. The summed E-state index contributed by atoms with van der Waals surface area (Å²) in [5, 5.41) is 3.48. The van der Waals surface area contributed by atoms with Gasteiger partial charge in [-0.2, -0.15) is 0 Å². The van der Waals surface area contributed by atoms with E-state index in [1.165, 1.54) is 62.9 Å². The van der Waals surface area contributed by atoms with Crippen LogP contribution in [0.4, 0.5) is 5.69 Å². The van der Waals surface area contributed by atoms with E-state index >= 15 is 0 Å². The lowest BCUT2D eigenvalue weighted by atomic mass is 9.73. The van der Waals surface area contributed by atoms with Crippen LogP contribution in [0.2, 0.25) is 0 Å². The number of anilines is 1. The fraction of sp³-hybridized carbons (Fsp3) is 0.684. The number of hydrogen-bond acceptors (Lipinski definition) is 2. The Kier molecular flexibility index (Phi) is 4.54. The van der Waals surface area contributed by atoms with Crippen molar-refractivity contribution in [3.05, 3.63) is 29.8 Å². The molecule has 3 rings (SSSR count). The standard InChI is InChI=1S/C19H30N2/c1-16(2)20-13-17-7-9-18(10-8-17)21-14-19(15-21)11-5-3-4-6-12-19/h7-10,16,20H,3-6,11-15H2,1-2H3. The molecule has 2 fully saturated rings. The molecule has 0 unspecified atom stereocenters. The Labute approximate surface area is 129 Å². The van der Waals surface area contributed by atoms with Gasteiger partial charge >= 0.3 is 0 Å². The van der Waals surface area contributed by atoms with Crippen molar-refractivity contribution in [2.45, 2.75) is 65.0 Å². The Morgan fingerprint density at radius 1 is 1.00 bits per heavy atom. The molecule has 1 N–H and O–H groups in total. The third-order valence-corrected chi connectivity index (χ3v) is 5.23. The smallest absolute Gasteiger partial charge is 0.0366 e. The summed E-state index contributed by atoms with van der Waals surface area (Å²) in [6, 6.07) is 9.73. The first-order valence-electron chi connectivity index (χ1n) is 8.74. The summed E-state index contributed by atoms with van der Waals surface area (Å²) in [6.07, 6.45) is 8.74. The topological polar surface area (TPSA) is 15.3 Å². The monoisotopic (exact) mass is 286 g/mol. The van der Waals surface area contributed by atoms with Gasteiger partial charge in [0.1, 0.15) is 0 Å². The number of rotatable bonds is 4. The molecule has 1 saturated carbocycles. The number of nitrogens with one attached hydrogen (secondary N) is 1. The van der Waals surface area contributed by atoms with Crippen LogP contribution < -0.4 is 10.2 Å². The lowest BCUT2D eigenvalue weighted by Gasteiger charge is -2.51. The maximum atomic E-state index is 3.48. The second kappa shape index (κ2) is 6.39. The van der Waals surface area contributed by atoms with Gasteiger partial charge in [-0.1, -0.05) is 51.7 Å². The molecule has 1 aromatic carbocycles. The van der Waals surface area contributed by atoms with Crippen LogP contribution in [0.25, 0.3) is 0 Å². The average Bonchev–Trinajstić information content (AvgIpc) is 2.70. The zero-order chi connectivity index (χ0) is 14.7. The molecule has 0 radical (unpaired) electrons. The van der Waals surface area contributed by atoms with Crippen LogP contribution in [0, 0.1) is 5.41 Å². The Morgan fingerprint density at radius 2 is 1.62 bits per heavy atom. The second-order valence-electron chi connectivity index (χ2n) is 7.47. The van der Waals surface area contributed by atoms with Gasteiger partial charge in [0.2, 0.25) is 0 Å². The minimum Gasteiger partial charge on any atom is -0.370 e. The van der Waals surface area contributed by atoms with Gasteiger partial charge in [-0.15, -0.1) is 0 Å². The molecule has 1 aliphatic carbocycles. The molecule has 0 atom stereocenters. The van der Waals surface area contributed by atoms with E-state index in [2.05, 4.69) is 48.3 Å². The summed E-state index contributed by atoms with van der Waals surface area (Å²) >= 11 is 0. The number of nitrogens with zero attached hydrogens (tertiary/aromatic N) is 1. The summed E-state index contributed by atoms with van der Waals surface area (Å²) < 4.78 is 0. The van der Waals surface area contributed by atoms with Crippen molar-refractivity contribution in [2.75, 3.05) is 18.0 Å². The highest BCUT2D eigenvalue weighted by Gasteiger charge is 2.42. The van der Waals surface area contributed by atoms with E-state index in [4.69, 9.17) is 0 Å². The Balaban J connectivity index is 1.54. The van der Waals surface area contributed by atoms with E-state index in [0.717, 1.165) is 6.54 Å². The van der Waals surface area contributed by atoms with Crippen molar-refractivity contribution in [1.82, 2.24) is 5.32 Å². The van der Waals surface area contributed by atoms with Gasteiger partial charge in [-0.05, 0) is 30.5 Å². The molecule has 2 heteroatoms. The van der Waals surface area contributed by atoms with E-state index in [0.29, 0.717) is 11.5 Å². The van der Waals surface area contributed by atoms with Crippen LogP contribution in [0.5, 0.6) is 0 Å². The van der Waals surface area contributed by atoms with Gasteiger partial charge in [0, 0.05) is 36.8 Å². The molecule has 0 amide bonds. The summed E-state index contributed by atoms with van der Waals surface area (Å²) in [7, 11) is 0. The maximum Gasteiger partial charge on any atom is 0.0366 e. The molecule has 116 valence electrons. The molecule has 1 aromatic rings. The van der Waals surface area contributed by atoms with Crippen LogP contribution in [0.15, 0.2) is 24.3 Å². The van der Waals surface area contributed by atoms with Crippen LogP contribution in [0.3, 0.4) is 0 Å². The van der Waals surface area contributed by atoms with Crippen molar-refractivity contribution in [1.29, 1.82) is 0 Å². The molecule has 1 saturated heterocycles. The highest BCUT2D eigenvalue weighted by atomic mass is 15.2. The predicted molar refractivity (Wildman–Crippen MR) is 90.8 cm³/mol. The van der Waals surface area contributed by atoms with Crippen LogP contribution in [-0.4, -0.2) is 19.1 Å². The minimum absolute atomic E-state index is 0.551. The first kappa shape index (κ1) is 14.9. The van der Waals surface area contributed by atoms with Crippen LogP contribution in [0.1, 0.15) is 57.9 Å². The first-order chi connectivity index (χ1) is 10.2. The molecule has 1 spiro atoms. The van der Waals surface area contributed by atoms with Gasteiger partial charge < -0.3 is 10.2 Å². The van der Waals surface area contributed by atoms with Crippen molar-refractivity contribution in [2.24, 2.45) is 5.41 Å². The molecule has 1 aliphatic heterocycles. The van der Waals surface area contributed by atoms with E-state index < -0.39 is 0 Å². The Bertz CT molecular complexity index is 433. The number of hydrogen-bond donors (Lipinski definition) is 1. The molecule has 2 nitrogen and oxygen atoms in total. The zero-order valence-electron chi connectivity index (χ0n) is 13.7. The lowest BCUT2D eigenvalue weighted by Crippen LogP contribution is -2.56. The van der Waals surface area contributed by atoms with Gasteiger partial charge in [0.15, 0.2) is 0 Å². The van der Waals surface area contributed by atoms with E-state index in [1.54, 1.807) is 0 Å². The van der Waals surface area contributed by atoms with Crippen molar-refractivity contribution >= 4 is 5.69 Å². The van der Waals surface area contributed by atoms with Gasteiger partial charge in [-0.25, -0.2) is 0 Å². The molecule has 0 bridgehead atoms. The van der Waals surface area contributed by atoms with Gasteiger partial charge in [0.05, 0.1) is 0 Å². The molecule has 2 aliphatic rings. The largest absolute Gasteiger partial charge is 0.370 e. The fourth-order valence-electron chi connectivity index (χ4n) is 3.89. The minimum atomic E-state index is 0.551. The van der Waals surface area contributed by atoms with Crippen molar-refractivity contribution < 1.29 is 0 Å². The molecule has 0 aromatic heterocycles. The van der Waals surface area contributed by atoms with E-state index in [-0.39, 0.29) is 0 Å². The normalized spacial score (nSPS) is 21.4. The molecule has 21 heavy (non-hydrogen) atoms. The maximum absolute atomic E-state index is 3.48. The highest BCUT2D eigenvalue weighted by molar-refractivity contribution is 5.51. The SMILES string of the molecule is CC(C)NCc1ccc(N2CC3(CCCCCC3)C2)cc1. The Morgan fingerprint density at radius 3 is 2.19 bits per heavy atom. The predicted octanol–water partition coefficient (Wildman–Crippen LogP) is 4.35.